The van der Waals surface area contributed by atoms with Crippen molar-refractivity contribution in [1.29, 1.82) is 0 Å². The lowest BCUT2D eigenvalue weighted by molar-refractivity contribution is 0.484. The Kier molecular flexibility index (Phi) is 9.56. The average molecular weight is 183 g/mol. The Bertz CT molecular complexity index is 110. The zero-order valence-corrected chi connectivity index (χ0v) is 9.31. The largest absolute Gasteiger partial charge is 0.314 e. The molecule has 1 nitrogen and oxygen atoms in total. The van der Waals surface area contributed by atoms with Crippen LogP contribution in [0.1, 0.15) is 52.4 Å². The first-order chi connectivity index (χ1) is 6.31. The van der Waals surface area contributed by atoms with E-state index in [9.17, 15) is 0 Å². The summed E-state index contributed by atoms with van der Waals surface area (Å²) in [6.07, 6.45) is 9.73. The molecule has 0 aliphatic carbocycles. The standard InChI is InChI=1S/C12H25N/c1-4-6-8-10-12(3)13-11-9-7-5-2/h5,12-13H,2,4,6-11H2,1,3H3. The van der Waals surface area contributed by atoms with Gasteiger partial charge in [0.1, 0.15) is 0 Å². The van der Waals surface area contributed by atoms with E-state index in [1.54, 1.807) is 0 Å². The first kappa shape index (κ1) is 12.7. The molecule has 0 spiro atoms. The van der Waals surface area contributed by atoms with Gasteiger partial charge in [-0.25, -0.2) is 0 Å². The Morgan fingerprint density at radius 1 is 1.31 bits per heavy atom. The third-order valence-corrected chi connectivity index (χ3v) is 2.32. The SMILES string of the molecule is C=CCCCNC(C)CCCCC. The van der Waals surface area contributed by atoms with Crippen LogP contribution in [-0.2, 0) is 0 Å². The van der Waals surface area contributed by atoms with E-state index < -0.39 is 0 Å². The lowest BCUT2D eigenvalue weighted by Gasteiger charge is -2.12. The minimum Gasteiger partial charge on any atom is -0.314 e. The van der Waals surface area contributed by atoms with Crippen LogP contribution in [0, 0.1) is 0 Å². The van der Waals surface area contributed by atoms with Gasteiger partial charge < -0.3 is 5.32 Å². The number of unbranched alkanes of at least 4 members (excludes halogenated alkanes) is 3. The number of nitrogens with one attached hydrogen (secondary N) is 1. The maximum absolute atomic E-state index is 3.71. The molecular weight excluding hydrogens is 158 g/mol. The van der Waals surface area contributed by atoms with Crippen molar-refractivity contribution in [2.75, 3.05) is 6.54 Å². The van der Waals surface area contributed by atoms with Crippen LogP contribution in [0.3, 0.4) is 0 Å². The molecule has 1 atom stereocenters. The minimum absolute atomic E-state index is 0.691. The predicted octanol–water partition coefficient (Wildman–Crippen LogP) is 3.51. The molecule has 0 amide bonds. The number of allylic oxidation sites excluding steroid dienone is 1. The van der Waals surface area contributed by atoms with E-state index >= 15 is 0 Å². The van der Waals surface area contributed by atoms with Crippen LogP contribution in [-0.4, -0.2) is 12.6 Å². The molecule has 0 saturated heterocycles. The Labute approximate surface area is 83.6 Å². The molecule has 0 bridgehead atoms. The highest BCUT2D eigenvalue weighted by Gasteiger charge is 1.98. The topological polar surface area (TPSA) is 12.0 Å². The molecule has 78 valence electrons. The van der Waals surface area contributed by atoms with Gasteiger partial charge in [0.25, 0.3) is 0 Å². The van der Waals surface area contributed by atoms with Crippen LogP contribution in [0.15, 0.2) is 12.7 Å². The maximum Gasteiger partial charge on any atom is 0.00387 e. The summed E-state index contributed by atoms with van der Waals surface area (Å²) in [5.41, 5.74) is 0. The van der Waals surface area contributed by atoms with Crippen molar-refractivity contribution in [3.63, 3.8) is 0 Å². The molecule has 1 heteroatoms. The lowest BCUT2D eigenvalue weighted by Crippen LogP contribution is -2.26. The van der Waals surface area contributed by atoms with Crippen LogP contribution in [0.25, 0.3) is 0 Å². The summed E-state index contributed by atoms with van der Waals surface area (Å²) < 4.78 is 0. The summed E-state index contributed by atoms with van der Waals surface area (Å²) in [5.74, 6) is 0. The van der Waals surface area contributed by atoms with Crippen LogP contribution >= 0.6 is 0 Å². The van der Waals surface area contributed by atoms with Crippen molar-refractivity contribution in [2.24, 2.45) is 0 Å². The summed E-state index contributed by atoms with van der Waals surface area (Å²) in [6.45, 7) is 9.38. The van der Waals surface area contributed by atoms with Crippen LogP contribution < -0.4 is 5.32 Å². The van der Waals surface area contributed by atoms with Gasteiger partial charge in [-0.3, -0.25) is 0 Å². The Morgan fingerprint density at radius 3 is 2.69 bits per heavy atom. The summed E-state index contributed by atoms with van der Waals surface area (Å²) in [4.78, 5) is 0. The van der Waals surface area contributed by atoms with E-state index in [1.807, 2.05) is 6.08 Å². The Balaban J connectivity index is 3.09. The number of hydrogen-bond acceptors (Lipinski definition) is 1. The summed E-state index contributed by atoms with van der Waals surface area (Å²) in [5, 5.41) is 3.53. The van der Waals surface area contributed by atoms with Gasteiger partial charge in [-0.15, -0.1) is 6.58 Å². The highest BCUT2D eigenvalue weighted by Crippen LogP contribution is 2.02. The van der Waals surface area contributed by atoms with Crippen molar-refractivity contribution in [3.05, 3.63) is 12.7 Å². The molecule has 1 unspecified atom stereocenters. The third-order valence-electron chi connectivity index (χ3n) is 2.32. The molecule has 0 rings (SSSR count). The van der Waals surface area contributed by atoms with E-state index in [2.05, 4.69) is 25.7 Å². The van der Waals surface area contributed by atoms with E-state index in [1.165, 1.54) is 32.1 Å². The number of rotatable bonds is 9. The molecule has 0 radical (unpaired) electrons. The maximum atomic E-state index is 3.71. The van der Waals surface area contributed by atoms with Crippen molar-refractivity contribution >= 4 is 0 Å². The smallest absolute Gasteiger partial charge is 0.00387 e. The van der Waals surface area contributed by atoms with Gasteiger partial charge in [-0.1, -0.05) is 32.3 Å². The molecule has 0 aromatic rings. The highest BCUT2D eigenvalue weighted by molar-refractivity contribution is 4.67. The summed E-state index contributed by atoms with van der Waals surface area (Å²) in [6, 6.07) is 0.691. The second kappa shape index (κ2) is 9.79. The molecule has 13 heavy (non-hydrogen) atoms. The molecule has 0 aliphatic heterocycles. The van der Waals surface area contributed by atoms with Crippen LogP contribution in [0.2, 0.25) is 0 Å². The van der Waals surface area contributed by atoms with E-state index in [-0.39, 0.29) is 0 Å². The van der Waals surface area contributed by atoms with Gasteiger partial charge in [0.2, 0.25) is 0 Å². The first-order valence-corrected chi connectivity index (χ1v) is 5.65. The van der Waals surface area contributed by atoms with Crippen molar-refractivity contribution in [1.82, 2.24) is 5.32 Å². The monoisotopic (exact) mass is 183 g/mol. The van der Waals surface area contributed by atoms with Gasteiger partial charge >= 0.3 is 0 Å². The zero-order valence-electron chi connectivity index (χ0n) is 9.31. The van der Waals surface area contributed by atoms with Gasteiger partial charge in [0, 0.05) is 6.04 Å². The molecule has 0 aliphatic rings. The van der Waals surface area contributed by atoms with Crippen molar-refractivity contribution in [2.45, 2.75) is 58.4 Å². The molecule has 0 aromatic heterocycles. The van der Waals surface area contributed by atoms with Crippen LogP contribution in [0.5, 0.6) is 0 Å². The Hall–Kier alpha value is -0.300. The normalized spacial score (nSPS) is 12.8. The summed E-state index contributed by atoms with van der Waals surface area (Å²) >= 11 is 0. The Morgan fingerprint density at radius 2 is 2.08 bits per heavy atom. The van der Waals surface area contributed by atoms with Crippen LogP contribution in [0.4, 0.5) is 0 Å². The van der Waals surface area contributed by atoms with Crippen molar-refractivity contribution < 1.29 is 0 Å². The predicted molar refractivity (Wildman–Crippen MR) is 61.0 cm³/mol. The molecule has 0 saturated carbocycles. The fraction of sp³-hybridized carbons (Fsp3) is 0.833. The van der Waals surface area contributed by atoms with E-state index in [0.29, 0.717) is 6.04 Å². The summed E-state index contributed by atoms with van der Waals surface area (Å²) in [7, 11) is 0. The van der Waals surface area contributed by atoms with Crippen molar-refractivity contribution in [3.8, 4) is 0 Å². The van der Waals surface area contributed by atoms with Gasteiger partial charge in [0.15, 0.2) is 0 Å². The quantitative estimate of drug-likeness (QED) is 0.426. The molecule has 0 fully saturated rings. The van der Waals surface area contributed by atoms with E-state index in [4.69, 9.17) is 0 Å². The van der Waals surface area contributed by atoms with E-state index in [0.717, 1.165) is 13.0 Å². The minimum atomic E-state index is 0.691. The second-order valence-corrected chi connectivity index (χ2v) is 3.78. The molecular formula is C12H25N. The molecule has 1 N–H and O–H groups in total. The fourth-order valence-electron chi connectivity index (χ4n) is 1.40. The first-order valence-electron chi connectivity index (χ1n) is 5.65. The number of hydrogen-bond donors (Lipinski definition) is 1. The van der Waals surface area contributed by atoms with Gasteiger partial charge in [-0.05, 0) is 32.7 Å². The second-order valence-electron chi connectivity index (χ2n) is 3.78. The molecule has 0 heterocycles. The zero-order chi connectivity index (χ0) is 9.94. The highest BCUT2D eigenvalue weighted by atomic mass is 14.9. The van der Waals surface area contributed by atoms with Gasteiger partial charge in [0.05, 0.1) is 0 Å². The lowest BCUT2D eigenvalue weighted by atomic mass is 10.1. The third kappa shape index (κ3) is 9.62. The fourth-order valence-corrected chi connectivity index (χ4v) is 1.40. The average Bonchev–Trinajstić information content (AvgIpc) is 2.13. The van der Waals surface area contributed by atoms with Gasteiger partial charge in [-0.2, -0.15) is 0 Å². The molecule has 0 aromatic carbocycles.